The smallest absolute Gasteiger partial charge is 0.239 e. The Bertz CT molecular complexity index is 2040. The van der Waals surface area contributed by atoms with Gasteiger partial charge in [-0.15, -0.1) is 6.58 Å². The molecule has 0 spiro atoms. The monoisotopic (exact) mass is 836 g/mol. The highest BCUT2D eigenvalue weighted by Crippen LogP contribution is 2.62. The Kier molecular flexibility index (Phi) is 15.4. The lowest BCUT2D eigenvalue weighted by Gasteiger charge is -2.60. The van der Waals surface area contributed by atoms with E-state index in [1.807, 2.05) is 68.1 Å². The molecule has 61 heavy (non-hydrogen) atoms. The van der Waals surface area contributed by atoms with Crippen molar-refractivity contribution in [3.63, 3.8) is 0 Å². The Morgan fingerprint density at radius 1 is 0.967 bits per heavy atom. The van der Waals surface area contributed by atoms with Crippen LogP contribution in [0.5, 0.6) is 23.0 Å². The van der Waals surface area contributed by atoms with Gasteiger partial charge < -0.3 is 38.9 Å². The highest BCUT2D eigenvalue weighted by Gasteiger charge is 2.65. The lowest BCUT2D eigenvalue weighted by atomic mass is 9.55. The van der Waals surface area contributed by atoms with E-state index in [-0.39, 0.29) is 49.9 Å². The Hall–Kier alpha value is -4.64. The van der Waals surface area contributed by atoms with Crippen molar-refractivity contribution in [3.05, 3.63) is 107 Å². The molecule has 6 rings (SSSR count). The maximum atomic E-state index is 14.9. The number of benzene rings is 3. The van der Waals surface area contributed by atoms with Gasteiger partial charge in [0, 0.05) is 37.7 Å². The highest BCUT2D eigenvalue weighted by molar-refractivity contribution is 6.03. The second kappa shape index (κ2) is 20.5. The molecule has 1 saturated carbocycles. The summed E-state index contributed by atoms with van der Waals surface area (Å²) in [5, 5.41) is 24.9. The van der Waals surface area contributed by atoms with Gasteiger partial charge in [0.15, 0.2) is 0 Å². The fourth-order valence-electron chi connectivity index (χ4n) is 9.57. The molecule has 10 nitrogen and oxygen atoms in total. The number of methoxy groups -OCH3 is 1. The number of carbonyl (C=O) groups is 1. The van der Waals surface area contributed by atoms with Gasteiger partial charge in [-0.25, -0.2) is 0 Å². The van der Waals surface area contributed by atoms with E-state index in [0.717, 1.165) is 59.4 Å². The van der Waals surface area contributed by atoms with Crippen molar-refractivity contribution < 1.29 is 38.8 Å². The molecule has 1 heterocycles. The number of unbranched alkanes of at least 4 members (excludes halogenated alkanes) is 2. The number of rotatable bonds is 20. The maximum absolute atomic E-state index is 14.9. The number of allylic oxidation sites excluding steroid dienone is 1. The minimum absolute atomic E-state index is 0.0505. The van der Waals surface area contributed by atoms with Gasteiger partial charge in [-0.3, -0.25) is 4.79 Å². The van der Waals surface area contributed by atoms with Gasteiger partial charge in [0.05, 0.1) is 31.8 Å². The van der Waals surface area contributed by atoms with Crippen LogP contribution in [0, 0.1) is 31.6 Å². The number of hydrogen-bond acceptors (Lipinski definition) is 9. The third-order valence-electron chi connectivity index (χ3n) is 12.4. The number of ether oxygens (including phenoxy) is 4. The molecule has 1 amide bonds. The second-order valence-electron chi connectivity index (χ2n) is 17.9. The molecule has 2 aliphatic carbocycles. The van der Waals surface area contributed by atoms with Crippen LogP contribution < -0.4 is 14.2 Å². The van der Waals surface area contributed by atoms with Crippen molar-refractivity contribution in [2.75, 3.05) is 33.5 Å². The Morgan fingerprint density at radius 2 is 1.70 bits per heavy atom. The predicted octanol–water partition coefficient (Wildman–Crippen LogP) is 10.0. The Morgan fingerprint density at radius 3 is 2.39 bits per heavy atom. The summed E-state index contributed by atoms with van der Waals surface area (Å²) in [7, 11) is 1.63. The number of carbonyl (C=O) groups excluding carboxylic acids is 1. The van der Waals surface area contributed by atoms with E-state index < -0.39 is 23.3 Å². The molecule has 0 aromatic heterocycles. The lowest BCUT2D eigenvalue weighted by molar-refractivity contribution is -0.257. The van der Waals surface area contributed by atoms with E-state index >= 15 is 0 Å². The van der Waals surface area contributed by atoms with Gasteiger partial charge >= 0.3 is 0 Å². The Balaban J connectivity index is 1.59. The van der Waals surface area contributed by atoms with Crippen LogP contribution in [-0.4, -0.2) is 77.6 Å². The van der Waals surface area contributed by atoms with Crippen LogP contribution in [0.15, 0.2) is 90.1 Å². The number of fused-ring (bicyclic) bond motifs is 2. The topological polar surface area (TPSA) is 119 Å². The molecule has 0 radical (unpaired) electrons. The minimum Gasteiger partial charge on any atom is -0.497 e. The van der Waals surface area contributed by atoms with Crippen LogP contribution in [0.2, 0.25) is 0 Å². The van der Waals surface area contributed by atoms with E-state index in [1.165, 1.54) is 5.56 Å². The fourth-order valence-corrected chi connectivity index (χ4v) is 9.57. The van der Waals surface area contributed by atoms with E-state index in [0.29, 0.717) is 49.5 Å². The summed E-state index contributed by atoms with van der Waals surface area (Å²) in [5.74, 6) is 1.10. The second-order valence-corrected chi connectivity index (χ2v) is 17.9. The van der Waals surface area contributed by atoms with Gasteiger partial charge in [-0.2, -0.15) is 0 Å². The highest BCUT2D eigenvalue weighted by atomic mass is 16.7. The molecule has 1 aliphatic heterocycles. The van der Waals surface area contributed by atoms with Crippen LogP contribution in [0.1, 0.15) is 107 Å². The summed E-state index contributed by atoms with van der Waals surface area (Å²) in [4.78, 5) is 23.2. The Labute approximate surface area is 363 Å². The zero-order valence-corrected chi connectivity index (χ0v) is 37.5. The fraction of sp³-hybridized carbons (Fsp3) is 0.529. The standard InChI is InChI=1S/C51H68N2O8/c1-9-24-53(47(56)30-36-16-15-18-38(29-36)57-8)46-33-44(52-61-50(5,6)7)42-31-37(17-11-13-25-54)41(19-12-14-26-55)48-43-32-40(59-39-21-20-34(3)35(4)28-39)22-23-45(43)60-51(46,49(42)48)58-27-10-2/h10,15-16,18,20-23,28-29,31-32,37,41,46,48-49,54-55H,2,9,11-14,17,19,24-27,30,33H2,1,3-8H3/t37-,41+,46-,48+,49+,51+/m0/s1. The van der Waals surface area contributed by atoms with Crippen LogP contribution in [0.4, 0.5) is 0 Å². The first-order valence-electron chi connectivity index (χ1n) is 22.3. The van der Waals surface area contributed by atoms with Crippen LogP contribution >= 0.6 is 0 Å². The number of nitrogens with zero attached hydrogens (tertiary/aromatic N) is 2. The van der Waals surface area contributed by atoms with Gasteiger partial charge in [0.25, 0.3) is 0 Å². The first-order valence-corrected chi connectivity index (χ1v) is 22.3. The molecule has 0 saturated heterocycles. The van der Waals surface area contributed by atoms with Crippen LogP contribution in [0.25, 0.3) is 0 Å². The minimum atomic E-state index is -1.33. The molecular formula is C51H68N2O8. The molecule has 330 valence electrons. The summed E-state index contributed by atoms with van der Waals surface area (Å²) < 4.78 is 26.7. The normalized spacial score (nSPS) is 23.6. The number of aliphatic hydroxyl groups excluding tert-OH is 2. The molecule has 2 N–H and O–H groups in total. The van der Waals surface area contributed by atoms with E-state index in [1.54, 1.807) is 13.2 Å². The summed E-state index contributed by atoms with van der Waals surface area (Å²) in [6.07, 6.45) is 10.1. The average molecular weight is 837 g/mol. The average Bonchev–Trinajstić information content (AvgIpc) is 3.23. The zero-order chi connectivity index (χ0) is 43.7. The summed E-state index contributed by atoms with van der Waals surface area (Å²) in [6.45, 7) is 17.2. The van der Waals surface area contributed by atoms with Crippen molar-refractivity contribution in [1.82, 2.24) is 4.90 Å². The van der Waals surface area contributed by atoms with Gasteiger partial charge in [0.2, 0.25) is 11.7 Å². The summed E-state index contributed by atoms with van der Waals surface area (Å²) >= 11 is 0. The van der Waals surface area contributed by atoms with Crippen LogP contribution in [0.3, 0.4) is 0 Å². The molecule has 0 bridgehead atoms. The third-order valence-corrected chi connectivity index (χ3v) is 12.4. The number of hydrogen-bond donors (Lipinski definition) is 2. The maximum Gasteiger partial charge on any atom is 0.239 e. The quantitative estimate of drug-likeness (QED) is 0.0656. The molecular weight excluding hydrogens is 769 g/mol. The predicted molar refractivity (Wildman–Crippen MR) is 240 cm³/mol. The molecule has 3 aliphatic rings. The van der Waals surface area contributed by atoms with Crippen molar-refractivity contribution in [3.8, 4) is 23.0 Å². The lowest BCUT2D eigenvalue weighted by Crippen LogP contribution is -2.70. The number of amides is 1. The van der Waals surface area contributed by atoms with Crippen LogP contribution in [-0.2, 0) is 20.8 Å². The zero-order valence-electron chi connectivity index (χ0n) is 37.5. The third kappa shape index (κ3) is 10.5. The molecule has 1 fully saturated rings. The van der Waals surface area contributed by atoms with Crippen molar-refractivity contribution in [2.45, 2.75) is 123 Å². The summed E-state index contributed by atoms with van der Waals surface area (Å²) in [5.41, 5.74) is 5.42. The number of oxime groups is 1. The SMILES string of the molecule is C=CCO[C@@]12Oc3ccc(Oc4ccc(C)c(C)c4)cc3[C@H]3[C@H](CCCCO)[C@@H](CCCCO)C=C(C(=NOC(C)(C)C)C[C@@H]1N(CCC)C(=O)Cc1cccc(OC)c1)[C@H]32. The molecule has 0 unspecified atom stereocenters. The van der Waals surface area contributed by atoms with Gasteiger partial charge in [-0.05, 0) is 143 Å². The molecule has 3 aromatic rings. The summed E-state index contributed by atoms with van der Waals surface area (Å²) in [6, 6.07) is 19.3. The van der Waals surface area contributed by atoms with E-state index in [2.05, 4.69) is 51.6 Å². The van der Waals surface area contributed by atoms with Crippen molar-refractivity contribution in [1.29, 1.82) is 0 Å². The van der Waals surface area contributed by atoms with E-state index in [4.69, 9.17) is 28.9 Å². The van der Waals surface area contributed by atoms with Gasteiger partial charge in [-0.1, -0.05) is 55.3 Å². The first-order chi connectivity index (χ1) is 29.4. The van der Waals surface area contributed by atoms with E-state index in [9.17, 15) is 15.0 Å². The molecule has 10 heteroatoms. The first kappa shape index (κ1) is 45.9. The number of aryl methyl sites for hydroxylation is 2. The molecule has 6 atom stereocenters. The molecule has 3 aromatic carbocycles. The largest absolute Gasteiger partial charge is 0.497 e. The van der Waals surface area contributed by atoms with Gasteiger partial charge in [0.1, 0.15) is 34.6 Å². The van der Waals surface area contributed by atoms with Crippen molar-refractivity contribution in [2.24, 2.45) is 22.9 Å². The van der Waals surface area contributed by atoms with Crippen molar-refractivity contribution >= 4 is 11.6 Å². The number of aliphatic hydroxyl groups is 2.